The van der Waals surface area contributed by atoms with E-state index in [1.54, 1.807) is 0 Å². The van der Waals surface area contributed by atoms with E-state index in [9.17, 15) is 0 Å². The molecule has 0 aliphatic carbocycles. The standard InChI is InChI=1S/C12H14ClN3/c1-8(14)12-7-16(9(2)15-12)11-5-3-10(13)4-6-11/h3-8H,14H2,1-2H3. The number of aryl methyl sites for hydroxylation is 1. The molecule has 0 aliphatic heterocycles. The van der Waals surface area contributed by atoms with Crippen LogP contribution in [0, 0.1) is 6.92 Å². The summed E-state index contributed by atoms with van der Waals surface area (Å²) in [5.41, 5.74) is 7.74. The van der Waals surface area contributed by atoms with Gasteiger partial charge in [-0.1, -0.05) is 11.6 Å². The van der Waals surface area contributed by atoms with Gasteiger partial charge in [0.1, 0.15) is 5.82 Å². The second-order valence-corrected chi connectivity index (χ2v) is 4.28. The smallest absolute Gasteiger partial charge is 0.110 e. The normalized spacial score (nSPS) is 12.8. The summed E-state index contributed by atoms with van der Waals surface area (Å²) in [5, 5.41) is 0.730. The van der Waals surface area contributed by atoms with Crippen LogP contribution < -0.4 is 5.73 Å². The predicted molar refractivity (Wildman–Crippen MR) is 65.9 cm³/mol. The van der Waals surface area contributed by atoms with Crippen LogP contribution in [0.1, 0.15) is 24.5 Å². The Morgan fingerprint density at radius 1 is 1.31 bits per heavy atom. The molecule has 2 N–H and O–H groups in total. The highest BCUT2D eigenvalue weighted by Gasteiger charge is 2.08. The van der Waals surface area contributed by atoms with Crippen molar-refractivity contribution >= 4 is 11.6 Å². The van der Waals surface area contributed by atoms with E-state index in [1.807, 2.05) is 48.9 Å². The van der Waals surface area contributed by atoms with Gasteiger partial charge < -0.3 is 10.3 Å². The lowest BCUT2D eigenvalue weighted by Gasteiger charge is -2.04. The van der Waals surface area contributed by atoms with Crippen LogP contribution in [0.25, 0.3) is 5.69 Å². The number of aromatic nitrogens is 2. The van der Waals surface area contributed by atoms with Crippen molar-refractivity contribution in [2.24, 2.45) is 5.73 Å². The van der Waals surface area contributed by atoms with Crippen molar-refractivity contribution in [3.05, 3.63) is 47.0 Å². The number of hydrogen-bond donors (Lipinski definition) is 1. The first kappa shape index (κ1) is 11.2. The van der Waals surface area contributed by atoms with Crippen molar-refractivity contribution in [2.45, 2.75) is 19.9 Å². The highest BCUT2D eigenvalue weighted by Crippen LogP contribution is 2.17. The summed E-state index contributed by atoms with van der Waals surface area (Å²) in [6.45, 7) is 3.88. The Bertz CT molecular complexity index is 485. The minimum Gasteiger partial charge on any atom is -0.323 e. The maximum Gasteiger partial charge on any atom is 0.110 e. The van der Waals surface area contributed by atoms with E-state index in [4.69, 9.17) is 17.3 Å². The third-order valence-electron chi connectivity index (χ3n) is 2.47. The molecule has 2 aromatic rings. The number of rotatable bonds is 2. The van der Waals surface area contributed by atoms with Crippen molar-refractivity contribution in [3.8, 4) is 5.69 Å². The zero-order valence-corrected chi connectivity index (χ0v) is 10.1. The number of benzene rings is 1. The number of halogens is 1. The fourth-order valence-electron chi connectivity index (χ4n) is 1.58. The van der Waals surface area contributed by atoms with Gasteiger partial charge in [-0.15, -0.1) is 0 Å². The zero-order valence-electron chi connectivity index (χ0n) is 9.31. The molecule has 0 saturated carbocycles. The summed E-state index contributed by atoms with van der Waals surface area (Å²) < 4.78 is 2.01. The minimum atomic E-state index is -0.0488. The molecular weight excluding hydrogens is 222 g/mol. The molecule has 4 heteroatoms. The summed E-state index contributed by atoms with van der Waals surface area (Å²) in [6.07, 6.45) is 1.96. The van der Waals surface area contributed by atoms with Crippen LogP contribution in [-0.4, -0.2) is 9.55 Å². The fraction of sp³-hybridized carbons (Fsp3) is 0.250. The van der Waals surface area contributed by atoms with Crippen LogP contribution in [0.15, 0.2) is 30.5 Å². The summed E-state index contributed by atoms with van der Waals surface area (Å²) in [4.78, 5) is 4.41. The first-order valence-electron chi connectivity index (χ1n) is 5.15. The van der Waals surface area contributed by atoms with Crippen LogP contribution in [0.4, 0.5) is 0 Å². The molecule has 1 heterocycles. The lowest BCUT2D eigenvalue weighted by molar-refractivity contribution is 0.786. The molecule has 84 valence electrons. The number of imidazole rings is 1. The van der Waals surface area contributed by atoms with Crippen molar-refractivity contribution in [3.63, 3.8) is 0 Å². The molecule has 0 amide bonds. The predicted octanol–water partition coefficient (Wildman–Crippen LogP) is 2.85. The molecule has 0 spiro atoms. The van der Waals surface area contributed by atoms with Gasteiger partial charge in [-0.05, 0) is 38.1 Å². The van der Waals surface area contributed by atoms with Crippen LogP contribution in [0.5, 0.6) is 0 Å². The molecule has 1 aromatic heterocycles. The SMILES string of the molecule is Cc1nc(C(C)N)cn1-c1ccc(Cl)cc1. The number of nitrogens with zero attached hydrogens (tertiary/aromatic N) is 2. The largest absolute Gasteiger partial charge is 0.323 e. The fourth-order valence-corrected chi connectivity index (χ4v) is 1.70. The third-order valence-corrected chi connectivity index (χ3v) is 2.72. The van der Waals surface area contributed by atoms with Crippen molar-refractivity contribution in [2.75, 3.05) is 0 Å². The first-order valence-corrected chi connectivity index (χ1v) is 5.53. The topological polar surface area (TPSA) is 43.8 Å². The van der Waals surface area contributed by atoms with Gasteiger partial charge in [-0.25, -0.2) is 4.98 Å². The Kier molecular flexibility index (Phi) is 2.99. The highest BCUT2D eigenvalue weighted by atomic mass is 35.5. The molecule has 2 rings (SSSR count). The van der Waals surface area contributed by atoms with Gasteiger partial charge >= 0.3 is 0 Å². The van der Waals surface area contributed by atoms with Gasteiger partial charge in [0.25, 0.3) is 0 Å². The van der Waals surface area contributed by atoms with Gasteiger partial charge in [0.2, 0.25) is 0 Å². The molecule has 16 heavy (non-hydrogen) atoms. The van der Waals surface area contributed by atoms with Crippen molar-refractivity contribution < 1.29 is 0 Å². The minimum absolute atomic E-state index is 0.0488. The molecule has 0 bridgehead atoms. The lowest BCUT2D eigenvalue weighted by Crippen LogP contribution is -2.04. The van der Waals surface area contributed by atoms with E-state index in [2.05, 4.69) is 4.98 Å². The van der Waals surface area contributed by atoms with Gasteiger partial charge in [0, 0.05) is 22.9 Å². The van der Waals surface area contributed by atoms with Crippen LogP contribution in [-0.2, 0) is 0 Å². The number of hydrogen-bond acceptors (Lipinski definition) is 2. The van der Waals surface area contributed by atoms with E-state index in [1.165, 1.54) is 0 Å². The van der Waals surface area contributed by atoms with Gasteiger partial charge in [0.15, 0.2) is 0 Å². The van der Waals surface area contributed by atoms with Gasteiger partial charge in [0.05, 0.1) is 5.69 Å². The summed E-state index contributed by atoms with van der Waals surface area (Å²) in [5.74, 6) is 0.926. The summed E-state index contributed by atoms with van der Waals surface area (Å²) in [6, 6.07) is 7.60. The molecule has 1 atom stereocenters. The summed E-state index contributed by atoms with van der Waals surface area (Å²) >= 11 is 5.85. The molecule has 1 unspecified atom stereocenters. The second kappa shape index (κ2) is 4.28. The Morgan fingerprint density at radius 2 is 1.94 bits per heavy atom. The monoisotopic (exact) mass is 235 g/mol. The Labute approximate surface area is 99.9 Å². The first-order chi connectivity index (χ1) is 7.58. The lowest BCUT2D eigenvalue weighted by atomic mass is 10.3. The average Bonchev–Trinajstić information content (AvgIpc) is 2.62. The summed E-state index contributed by atoms with van der Waals surface area (Å²) in [7, 11) is 0. The van der Waals surface area contributed by atoms with Crippen molar-refractivity contribution in [1.29, 1.82) is 0 Å². The van der Waals surface area contributed by atoms with Crippen LogP contribution in [0.3, 0.4) is 0 Å². The molecule has 0 radical (unpaired) electrons. The van der Waals surface area contributed by atoms with E-state index >= 15 is 0 Å². The quantitative estimate of drug-likeness (QED) is 0.870. The highest BCUT2D eigenvalue weighted by molar-refractivity contribution is 6.30. The molecule has 0 aliphatic rings. The molecule has 0 fully saturated rings. The maximum atomic E-state index is 5.85. The molecular formula is C12H14ClN3. The second-order valence-electron chi connectivity index (χ2n) is 3.85. The van der Waals surface area contributed by atoms with E-state index in [0.29, 0.717) is 0 Å². The van der Waals surface area contributed by atoms with E-state index in [0.717, 1.165) is 22.2 Å². The van der Waals surface area contributed by atoms with E-state index < -0.39 is 0 Å². The van der Waals surface area contributed by atoms with Gasteiger partial charge in [-0.2, -0.15) is 0 Å². The molecule has 0 saturated heterocycles. The van der Waals surface area contributed by atoms with Gasteiger partial charge in [-0.3, -0.25) is 0 Å². The van der Waals surface area contributed by atoms with Crippen LogP contribution in [0.2, 0.25) is 5.02 Å². The maximum absolute atomic E-state index is 5.85. The van der Waals surface area contributed by atoms with Crippen molar-refractivity contribution in [1.82, 2.24) is 9.55 Å². The average molecular weight is 236 g/mol. The number of nitrogens with two attached hydrogens (primary N) is 1. The molecule has 1 aromatic carbocycles. The molecule has 3 nitrogen and oxygen atoms in total. The zero-order chi connectivity index (χ0) is 11.7. The Morgan fingerprint density at radius 3 is 2.44 bits per heavy atom. The Balaban J connectivity index is 2.44. The Hall–Kier alpha value is -1.32. The third kappa shape index (κ3) is 2.10. The van der Waals surface area contributed by atoms with E-state index in [-0.39, 0.29) is 6.04 Å². The van der Waals surface area contributed by atoms with Crippen LogP contribution >= 0.6 is 11.6 Å².